The minimum absolute atomic E-state index is 0.0364. The quantitative estimate of drug-likeness (QED) is 0.502. The van der Waals surface area contributed by atoms with Crippen molar-refractivity contribution in [1.29, 1.82) is 0 Å². The molecule has 0 amide bonds. The maximum absolute atomic E-state index is 8.85. The molecule has 0 heterocycles. The van der Waals surface area contributed by atoms with Gasteiger partial charge in [0.05, 0.1) is 19.3 Å². The monoisotopic (exact) mass is 180 g/mol. The highest BCUT2D eigenvalue weighted by Gasteiger charge is 1.95. The fraction of sp³-hybridized carbons (Fsp3) is 0.400. The van der Waals surface area contributed by atoms with Crippen molar-refractivity contribution in [2.24, 2.45) is 0 Å². The second kappa shape index (κ2) is 8.83. The standard InChI is InChI=1S/C10H12O3/c11-8-6-4-2-1-3-5-7-10(13)9-12/h4,6,10-13H,7-9H2/b6-4+. The molecule has 0 radical (unpaired) electrons. The molecule has 0 rings (SSSR count). The molecule has 0 aromatic heterocycles. The molecule has 0 aromatic carbocycles. The summed E-state index contributed by atoms with van der Waals surface area (Å²) in [6, 6.07) is 0. The van der Waals surface area contributed by atoms with Crippen LogP contribution in [-0.2, 0) is 0 Å². The van der Waals surface area contributed by atoms with E-state index in [2.05, 4.69) is 23.7 Å². The van der Waals surface area contributed by atoms with Crippen molar-refractivity contribution in [2.75, 3.05) is 13.2 Å². The van der Waals surface area contributed by atoms with E-state index in [0.29, 0.717) is 0 Å². The number of aliphatic hydroxyl groups is 3. The Morgan fingerprint density at radius 1 is 1.23 bits per heavy atom. The summed E-state index contributed by atoms with van der Waals surface area (Å²) in [4.78, 5) is 0. The van der Waals surface area contributed by atoms with Gasteiger partial charge >= 0.3 is 0 Å². The molecule has 3 nitrogen and oxygen atoms in total. The second-order valence-corrected chi connectivity index (χ2v) is 2.20. The molecule has 70 valence electrons. The summed E-state index contributed by atoms with van der Waals surface area (Å²) >= 11 is 0. The van der Waals surface area contributed by atoms with Crippen molar-refractivity contribution in [3.05, 3.63) is 12.2 Å². The molecule has 3 N–H and O–H groups in total. The maximum atomic E-state index is 8.85. The zero-order valence-electron chi connectivity index (χ0n) is 7.20. The van der Waals surface area contributed by atoms with Crippen LogP contribution in [0, 0.1) is 23.7 Å². The van der Waals surface area contributed by atoms with Crippen LogP contribution in [0.3, 0.4) is 0 Å². The molecular weight excluding hydrogens is 168 g/mol. The van der Waals surface area contributed by atoms with E-state index < -0.39 is 6.10 Å². The smallest absolute Gasteiger partial charge is 0.0880 e. The lowest BCUT2D eigenvalue weighted by Crippen LogP contribution is -2.09. The van der Waals surface area contributed by atoms with Crippen molar-refractivity contribution in [3.8, 4) is 23.7 Å². The van der Waals surface area contributed by atoms with Gasteiger partial charge in [-0.3, -0.25) is 0 Å². The van der Waals surface area contributed by atoms with Gasteiger partial charge in [0.2, 0.25) is 0 Å². The van der Waals surface area contributed by atoms with E-state index >= 15 is 0 Å². The molecule has 1 unspecified atom stereocenters. The van der Waals surface area contributed by atoms with Crippen molar-refractivity contribution in [2.45, 2.75) is 12.5 Å². The number of aliphatic hydroxyl groups excluding tert-OH is 3. The molecule has 0 aliphatic rings. The Kier molecular flexibility index (Phi) is 7.98. The molecule has 1 atom stereocenters. The van der Waals surface area contributed by atoms with Gasteiger partial charge in [-0.05, 0) is 17.9 Å². The van der Waals surface area contributed by atoms with Gasteiger partial charge in [0.25, 0.3) is 0 Å². The Labute approximate surface area is 77.7 Å². The molecular formula is C10H12O3. The first-order valence-corrected chi connectivity index (χ1v) is 3.84. The van der Waals surface area contributed by atoms with Gasteiger partial charge in [-0.25, -0.2) is 0 Å². The van der Waals surface area contributed by atoms with Gasteiger partial charge in [-0.2, -0.15) is 0 Å². The van der Waals surface area contributed by atoms with Crippen molar-refractivity contribution < 1.29 is 15.3 Å². The lowest BCUT2D eigenvalue weighted by molar-refractivity contribution is 0.0992. The average molecular weight is 180 g/mol. The largest absolute Gasteiger partial charge is 0.394 e. The molecule has 0 bridgehead atoms. The Bertz CT molecular complexity index is 259. The SMILES string of the molecule is OC/C=C/C#CC#CCC(O)CO. The van der Waals surface area contributed by atoms with E-state index in [0.717, 1.165) is 0 Å². The summed E-state index contributed by atoms with van der Waals surface area (Å²) in [5.41, 5.74) is 0. The molecule has 0 aliphatic carbocycles. The zero-order valence-corrected chi connectivity index (χ0v) is 7.20. The first-order chi connectivity index (χ1) is 6.31. The highest BCUT2D eigenvalue weighted by atomic mass is 16.3. The fourth-order valence-electron chi connectivity index (χ4n) is 0.467. The van der Waals surface area contributed by atoms with Gasteiger partial charge in [0.1, 0.15) is 0 Å². The van der Waals surface area contributed by atoms with E-state index in [1.165, 1.54) is 12.2 Å². The van der Waals surface area contributed by atoms with E-state index in [1.54, 1.807) is 0 Å². The third-order valence-electron chi connectivity index (χ3n) is 1.08. The topological polar surface area (TPSA) is 60.7 Å². The predicted molar refractivity (Wildman–Crippen MR) is 49.5 cm³/mol. The Morgan fingerprint density at radius 2 is 2.00 bits per heavy atom. The van der Waals surface area contributed by atoms with Gasteiger partial charge in [0, 0.05) is 6.42 Å². The van der Waals surface area contributed by atoms with Crippen molar-refractivity contribution >= 4 is 0 Å². The molecule has 0 saturated carbocycles. The summed E-state index contributed by atoms with van der Waals surface area (Å²) in [6.45, 7) is -0.322. The highest BCUT2D eigenvalue weighted by molar-refractivity contribution is 5.30. The van der Waals surface area contributed by atoms with Crippen LogP contribution in [0.2, 0.25) is 0 Å². The molecule has 3 heteroatoms. The highest BCUT2D eigenvalue weighted by Crippen LogP contribution is 1.85. The van der Waals surface area contributed by atoms with Gasteiger partial charge in [-0.1, -0.05) is 17.9 Å². The third kappa shape index (κ3) is 8.65. The first kappa shape index (κ1) is 11.7. The van der Waals surface area contributed by atoms with Crippen LogP contribution in [0.1, 0.15) is 6.42 Å². The van der Waals surface area contributed by atoms with E-state index in [9.17, 15) is 0 Å². The minimum atomic E-state index is -0.790. The number of hydrogen-bond acceptors (Lipinski definition) is 3. The summed E-state index contributed by atoms with van der Waals surface area (Å²) < 4.78 is 0. The molecule has 0 saturated heterocycles. The lowest BCUT2D eigenvalue weighted by atomic mass is 10.3. The van der Waals surface area contributed by atoms with Gasteiger partial charge < -0.3 is 15.3 Å². The minimum Gasteiger partial charge on any atom is -0.394 e. The van der Waals surface area contributed by atoms with Crippen molar-refractivity contribution in [3.63, 3.8) is 0 Å². The lowest BCUT2D eigenvalue weighted by Gasteiger charge is -1.97. The van der Waals surface area contributed by atoms with Crippen LogP contribution in [0.15, 0.2) is 12.2 Å². The maximum Gasteiger partial charge on any atom is 0.0880 e. The molecule has 13 heavy (non-hydrogen) atoms. The van der Waals surface area contributed by atoms with E-state index in [1.807, 2.05) is 0 Å². The van der Waals surface area contributed by atoms with Gasteiger partial charge in [0.15, 0.2) is 0 Å². The van der Waals surface area contributed by atoms with E-state index in [4.69, 9.17) is 15.3 Å². The molecule has 0 spiro atoms. The molecule has 0 aliphatic heterocycles. The van der Waals surface area contributed by atoms with Gasteiger partial charge in [-0.15, -0.1) is 0 Å². The second-order valence-electron chi connectivity index (χ2n) is 2.20. The van der Waals surface area contributed by atoms with Crippen LogP contribution in [0.4, 0.5) is 0 Å². The van der Waals surface area contributed by atoms with Crippen LogP contribution in [-0.4, -0.2) is 34.6 Å². The number of hydrogen-bond donors (Lipinski definition) is 3. The normalized spacial score (nSPS) is 11.3. The summed E-state index contributed by atoms with van der Waals surface area (Å²) in [7, 11) is 0. The number of allylic oxidation sites excluding steroid dienone is 1. The zero-order chi connectivity index (χ0) is 9.94. The first-order valence-electron chi connectivity index (χ1n) is 3.84. The third-order valence-corrected chi connectivity index (χ3v) is 1.08. The molecule has 0 aromatic rings. The van der Waals surface area contributed by atoms with E-state index in [-0.39, 0.29) is 19.6 Å². The Balaban J connectivity index is 3.70. The molecule has 0 fully saturated rings. The number of rotatable bonds is 3. The Morgan fingerprint density at radius 3 is 2.62 bits per heavy atom. The van der Waals surface area contributed by atoms with Crippen LogP contribution in [0.25, 0.3) is 0 Å². The van der Waals surface area contributed by atoms with Crippen LogP contribution < -0.4 is 0 Å². The van der Waals surface area contributed by atoms with Crippen molar-refractivity contribution in [1.82, 2.24) is 0 Å². The van der Waals surface area contributed by atoms with Crippen LogP contribution >= 0.6 is 0 Å². The predicted octanol–water partition coefficient (Wildman–Crippen LogP) is -0.715. The fourth-order valence-corrected chi connectivity index (χ4v) is 0.467. The summed E-state index contributed by atoms with van der Waals surface area (Å²) in [6.07, 6.45) is 2.42. The Hall–Kier alpha value is -1.26. The average Bonchev–Trinajstić information content (AvgIpc) is 2.16. The summed E-state index contributed by atoms with van der Waals surface area (Å²) in [5, 5.41) is 25.6. The van der Waals surface area contributed by atoms with Crippen LogP contribution in [0.5, 0.6) is 0 Å². The summed E-state index contributed by atoms with van der Waals surface area (Å²) in [5.74, 6) is 10.1.